The minimum Gasteiger partial charge on any atom is -0.418 e. The molecule has 0 fully saturated rings. The third-order valence-electron chi connectivity index (χ3n) is 6.03. The topological polar surface area (TPSA) is 52.6 Å². The Bertz CT molecular complexity index is 1360. The normalized spacial score (nSPS) is 11.5. The van der Waals surface area contributed by atoms with Crippen molar-refractivity contribution in [3.05, 3.63) is 140 Å². The molecule has 4 rings (SSSR count). The van der Waals surface area contributed by atoms with Crippen LogP contribution in [0.5, 0.6) is 0 Å². The van der Waals surface area contributed by atoms with Gasteiger partial charge in [0.05, 0.1) is 21.2 Å². The fraction of sp³-hybridized carbons (Fsp3) is 0.125. The SMILES string of the molecule is CCc1ccc(C(=O)O/C(=C(/OC(=O)c2ccc(CC)cc2)c2ccccc2Cl)c2ccccc2Cl)cc1. The van der Waals surface area contributed by atoms with E-state index in [1.165, 1.54) is 0 Å². The first-order chi connectivity index (χ1) is 18.4. The minimum absolute atomic E-state index is 0.0215. The highest BCUT2D eigenvalue weighted by Gasteiger charge is 2.25. The lowest BCUT2D eigenvalue weighted by Gasteiger charge is -2.18. The maximum absolute atomic E-state index is 13.3. The van der Waals surface area contributed by atoms with Crippen LogP contribution in [0.4, 0.5) is 0 Å². The Balaban J connectivity index is 1.86. The van der Waals surface area contributed by atoms with Gasteiger partial charge in [-0.15, -0.1) is 0 Å². The van der Waals surface area contributed by atoms with Crippen molar-refractivity contribution in [2.45, 2.75) is 26.7 Å². The molecule has 0 saturated carbocycles. The number of carbonyl (C=O) groups is 2. The van der Waals surface area contributed by atoms with Gasteiger partial charge in [0.2, 0.25) is 0 Å². The quantitative estimate of drug-likeness (QED) is 0.126. The summed E-state index contributed by atoms with van der Waals surface area (Å²) in [5, 5.41) is 0.620. The van der Waals surface area contributed by atoms with Crippen LogP contribution in [0.15, 0.2) is 97.1 Å². The molecule has 4 aromatic carbocycles. The van der Waals surface area contributed by atoms with Gasteiger partial charge >= 0.3 is 11.9 Å². The zero-order valence-corrected chi connectivity index (χ0v) is 22.6. The van der Waals surface area contributed by atoms with Gasteiger partial charge in [-0.05, 0) is 72.5 Å². The number of benzene rings is 4. The predicted molar refractivity (Wildman–Crippen MR) is 152 cm³/mol. The predicted octanol–water partition coefficient (Wildman–Crippen LogP) is 8.66. The molecule has 0 saturated heterocycles. The second-order valence-electron chi connectivity index (χ2n) is 8.50. The molecule has 0 heterocycles. The van der Waals surface area contributed by atoms with Crippen molar-refractivity contribution in [1.29, 1.82) is 0 Å². The molecule has 0 spiro atoms. The monoisotopic (exact) mass is 544 g/mol. The fourth-order valence-electron chi connectivity index (χ4n) is 3.79. The first-order valence-electron chi connectivity index (χ1n) is 12.3. The molecular weight excluding hydrogens is 519 g/mol. The van der Waals surface area contributed by atoms with Gasteiger partial charge in [-0.3, -0.25) is 0 Å². The number of ether oxygens (including phenoxy) is 2. The summed E-state index contributed by atoms with van der Waals surface area (Å²) in [7, 11) is 0. The van der Waals surface area contributed by atoms with Gasteiger partial charge in [0.25, 0.3) is 0 Å². The number of carbonyl (C=O) groups excluding carboxylic acids is 2. The third kappa shape index (κ3) is 6.34. The van der Waals surface area contributed by atoms with Crippen LogP contribution in [0.3, 0.4) is 0 Å². The highest BCUT2D eigenvalue weighted by molar-refractivity contribution is 6.33. The minimum atomic E-state index is -0.629. The van der Waals surface area contributed by atoms with E-state index in [1.54, 1.807) is 72.8 Å². The second-order valence-corrected chi connectivity index (χ2v) is 9.31. The van der Waals surface area contributed by atoms with Crippen LogP contribution in [0.2, 0.25) is 10.0 Å². The van der Waals surface area contributed by atoms with Crippen LogP contribution >= 0.6 is 23.2 Å². The van der Waals surface area contributed by atoms with E-state index in [9.17, 15) is 9.59 Å². The number of aryl methyl sites for hydroxylation is 2. The van der Waals surface area contributed by atoms with Crippen molar-refractivity contribution in [3.8, 4) is 0 Å². The van der Waals surface area contributed by atoms with Crippen molar-refractivity contribution in [1.82, 2.24) is 0 Å². The summed E-state index contributed by atoms with van der Waals surface area (Å²) in [6.45, 7) is 4.07. The highest BCUT2D eigenvalue weighted by Crippen LogP contribution is 2.36. The molecule has 192 valence electrons. The lowest BCUT2D eigenvalue weighted by atomic mass is 10.1. The zero-order chi connectivity index (χ0) is 27.1. The molecule has 0 aromatic heterocycles. The van der Waals surface area contributed by atoms with E-state index in [1.807, 2.05) is 38.1 Å². The van der Waals surface area contributed by atoms with Crippen molar-refractivity contribution in [3.63, 3.8) is 0 Å². The summed E-state index contributed by atoms with van der Waals surface area (Å²) in [6, 6.07) is 28.0. The van der Waals surface area contributed by atoms with Crippen LogP contribution in [-0.4, -0.2) is 11.9 Å². The van der Waals surface area contributed by atoms with E-state index in [0.29, 0.717) is 32.3 Å². The van der Waals surface area contributed by atoms with E-state index < -0.39 is 11.9 Å². The lowest BCUT2D eigenvalue weighted by molar-refractivity contribution is 0.0647. The Morgan fingerprint density at radius 3 is 1.21 bits per heavy atom. The van der Waals surface area contributed by atoms with Crippen LogP contribution < -0.4 is 0 Å². The number of halogens is 2. The van der Waals surface area contributed by atoms with Gasteiger partial charge in [-0.1, -0.05) is 85.6 Å². The van der Waals surface area contributed by atoms with Crippen molar-refractivity contribution in [2.75, 3.05) is 0 Å². The molecule has 0 atom stereocenters. The standard InChI is InChI=1S/C32H26Cl2O4/c1-3-21-13-17-23(18-14-21)31(35)37-29(25-9-5-7-11-27(25)33)30(26-10-6-8-12-28(26)34)38-32(36)24-19-15-22(4-2)16-20-24/h5-20H,3-4H2,1-2H3/b30-29+. The smallest absolute Gasteiger partial charge is 0.343 e. The molecule has 4 aromatic rings. The summed E-state index contributed by atoms with van der Waals surface area (Å²) in [5.41, 5.74) is 3.60. The third-order valence-corrected chi connectivity index (χ3v) is 6.69. The van der Waals surface area contributed by atoms with Crippen LogP contribution in [0.25, 0.3) is 11.5 Å². The summed E-state index contributed by atoms with van der Waals surface area (Å²) in [5.74, 6) is -1.30. The summed E-state index contributed by atoms with van der Waals surface area (Å²) >= 11 is 13.1. The Hall–Kier alpha value is -3.86. The van der Waals surface area contributed by atoms with Crippen LogP contribution in [0.1, 0.15) is 56.8 Å². The van der Waals surface area contributed by atoms with E-state index in [-0.39, 0.29) is 11.5 Å². The molecule has 38 heavy (non-hydrogen) atoms. The maximum atomic E-state index is 13.3. The lowest BCUT2D eigenvalue weighted by Crippen LogP contribution is -2.11. The first-order valence-corrected chi connectivity index (χ1v) is 13.0. The molecule has 0 amide bonds. The summed E-state index contributed by atoms with van der Waals surface area (Å²) < 4.78 is 11.9. The Morgan fingerprint density at radius 2 is 0.895 bits per heavy atom. The van der Waals surface area contributed by atoms with Crippen LogP contribution in [-0.2, 0) is 22.3 Å². The van der Waals surface area contributed by atoms with Crippen molar-refractivity contribution in [2.24, 2.45) is 0 Å². The largest absolute Gasteiger partial charge is 0.418 e. The van der Waals surface area contributed by atoms with Gasteiger partial charge in [0, 0.05) is 11.1 Å². The van der Waals surface area contributed by atoms with E-state index in [0.717, 1.165) is 24.0 Å². The van der Waals surface area contributed by atoms with E-state index in [2.05, 4.69) is 0 Å². The van der Waals surface area contributed by atoms with Crippen LogP contribution in [0, 0.1) is 0 Å². The van der Waals surface area contributed by atoms with E-state index in [4.69, 9.17) is 32.7 Å². The summed E-state index contributed by atoms with van der Waals surface area (Å²) in [4.78, 5) is 26.6. The van der Waals surface area contributed by atoms with Gasteiger partial charge in [-0.2, -0.15) is 0 Å². The number of rotatable bonds is 8. The average Bonchev–Trinajstić information content (AvgIpc) is 2.95. The van der Waals surface area contributed by atoms with Crippen molar-refractivity contribution < 1.29 is 19.1 Å². The molecule has 0 aliphatic rings. The number of hydrogen-bond donors (Lipinski definition) is 0. The molecule has 4 nitrogen and oxygen atoms in total. The number of esters is 2. The maximum Gasteiger partial charge on any atom is 0.343 e. The molecule has 6 heteroatoms. The number of hydrogen-bond acceptors (Lipinski definition) is 4. The first kappa shape index (κ1) is 27.2. The van der Waals surface area contributed by atoms with Gasteiger partial charge in [0.1, 0.15) is 0 Å². The molecule has 0 aliphatic heterocycles. The average molecular weight is 545 g/mol. The molecule has 0 aliphatic carbocycles. The Kier molecular flexibility index (Phi) is 9.01. The zero-order valence-electron chi connectivity index (χ0n) is 21.0. The fourth-order valence-corrected chi connectivity index (χ4v) is 4.24. The Labute approximate surface area is 232 Å². The Morgan fingerprint density at radius 1 is 0.553 bits per heavy atom. The molecular formula is C32H26Cl2O4. The molecule has 0 radical (unpaired) electrons. The molecule has 0 unspecified atom stereocenters. The van der Waals surface area contributed by atoms with Gasteiger partial charge in [-0.25, -0.2) is 9.59 Å². The molecule has 0 bridgehead atoms. The summed E-state index contributed by atoms with van der Waals surface area (Å²) in [6.07, 6.45) is 1.68. The van der Waals surface area contributed by atoms with Crippen molar-refractivity contribution >= 4 is 46.7 Å². The highest BCUT2D eigenvalue weighted by atomic mass is 35.5. The van der Waals surface area contributed by atoms with Gasteiger partial charge < -0.3 is 9.47 Å². The van der Waals surface area contributed by atoms with E-state index >= 15 is 0 Å². The molecule has 0 N–H and O–H groups in total. The van der Waals surface area contributed by atoms with Gasteiger partial charge in [0.15, 0.2) is 11.5 Å². The second kappa shape index (κ2) is 12.6.